The fourth-order valence-corrected chi connectivity index (χ4v) is 5.12. The van der Waals surface area contributed by atoms with Gasteiger partial charge in [0.15, 0.2) is 0 Å². The predicted molar refractivity (Wildman–Crippen MR) is 130 cm³/mol. The van der Waals surface area contributed by atoms with Crippen molar-refractivity contribution in [2.75, 3.05) is 0 Å². The van der Waals surface area contributed by atoms with E-state index in [-0.39, 0.29) is 30.0 Å². The van der Waals surface area contributed by atoms with Gasteiger partial charge in [0.2, 0.25) is 0 Å². The number of rotatable bonds is 5. The standard InChI is InChI=1S/C28H19F15N2O2/c1-12-3-20(28(41,42)43)21(44(12)10-14-4-16(24(29,30)31)8-17(5-14)25(32,33)34)11-45-13(2)22(47-23(45)46)15-6-18(26(35,36)37)9-19(7-15)27(38,39)40/h3-9,13,22H,10-11H2,1-2H3. The van der Waals surface area contributed by atoms with Gasteiger partial charge in [0.1, 0.15) is 6.10 Å². The van der Waals surface area contributed by atoms with Crippen molar-refractivity contribution < 1.29 is 75.4 Å². The number of carbonyl (C=O) groups excluding carboxylic acids is 1. The molecule has 2 heterocycles. The van der Waals surface area contributed by atoms with Crippen molar-refractivity contribution in [2.45, 2.75) is 70.0 Å². The summed E-state index contributed by atoms with van der Waals surface area (Å²) in [5.41, 5.74) is -11.2. The molecule has 0 bridgehead atoms. The van der Waals surface area contributed by atoms with Gasteiger partial charge in [-0.15, -0.1) is 0 Å². The second-order valence-corrected chi connectivity index (χ2v) is 10.7. The van der Waals surface area contributed by atoms with Gasteiger partial charge >= 0.3 is 37.0 Å². The zero-order valence-corrected chi connectivity index (χ0v) is 23.5. The Hall–Kier alpha value is -4.06. The van der Waals surface area contributed by atoms with Crippen molar-refractivity contribution in [3.63, 3.8) is 0 Å². The van der Waals surface area contributed by atoms with Gasteiger partial charge in [-0.3, -0.25) is 4.90 Å². The van der Waals surface area contributed by atoms with Crippen LogP contribution in [0.1, 0.15) is 63.4 Å². The average Bonchev–Trinajstić information content (AvgIpc) is 3.37. The van der Waals surface area contributed by atoms with Crippen molar-refractivity contribution in [1.82, 2.24) is 9.47 Å². The molecule has 1 aliphatic rings. The normalized spacial score (nSPS) is 18.2. The van der Waals surface area contributed by atoms with Crippen molar-refractivity contribution in [3.05, 3.63) is 92.8 Å². The van der Waals surface area contributed by atoms with Crippen LogP contribution in [0.2, 0.25) is 0 Å². The van der Waals surface area contributed by atoms with E-state index in [0.29, 0.717) is 27.7 Å². The zero-order chi connectivity index (χ0) is 35.7. The van der Waals surface area contributed by atoms with E-state index in [1.54, 1.807) is 0 Å². The number of halogens is 15. The lowest BCUT2D eigenvalue weighted by molar-refractivity contribution is -0.144. The van der Waals surface area contributed by atoms with Crippen LogP contribution in [0.3, 0.4) is 0 Å². The molecule has 1 fully saturated rings. The average molecular weight is 700 g/mol. The number of aryl methyl sites for hydroxylation is 1. The number of benzene rings is 2. The fraction of sp³-hybridized carbons (Fsp3) is 0.393. The van der Waals surface area contributed by atoms with Crippen molar-refractivity contribution in [3.8, 4) is 0 Å². The lowest BCUT2D eigenvalue weighted by Gasteiger charge is -2.24. The molecule has 0 spiro atoms. The molecule has 3 aromatic rings. The third-order valence-electron chi connectivity index (χ3n) is 7.36. The Balaban J connectivity index is 1.78. The van der Waals surface area contributed by atoms with Crippen LogP contribution in [0.5, 0.6) is 0 Å². The van der Waals surface area contributed by atoms with Gasteiger partial charge in [0, 0.05) is 12.2 Å². The SMILES string of the molecule is Cc1cc(C(F)(F)F)c(CN2C(=O)OC(c3cc(C(F)(F)F)cc(C(F)(F)F)c3)C2C)n1Cc1cc(C(F)(F)F)cc(C(F)(F)F)c1. The third kappa shape index (κ3) is 7.58. The molecule has 0 radical (unpaired) electrons. The van der Waals surface area contributed by atoms with Crippen LogP contribution in [0.4, 0.5) is 70.7 Å². The Bertz CT molecular complexity index is 1600. The van der Waals surface area contributed by atoms with Gasteiger partial charge in [0.25, 0.3) is 0 Å². The molecule has 2 atom stereocenters. The molecule has 1 saturated heterocycles. The second-order valence-electron chi connectivity index (χ2n) is 10.7. The van der Waals surface area contributed by atoms with E-state index in [0.717, 1.165) is 13.8 Å². The highest BCUT2D eigenvalue weighted by molar-refractivity contribution is 5.71. The van der Waals surface area contributed by atoms with E-state index in [9.17, 15) is 70.7 Å². The minimum Gasteiger partial charge on any atom is -0.439 e. The van der Waals surface area contributed by atoms with E-state index in [2.05, 4.69) is 0 Å². The number of nitrogens with zero attached hydrogens (tertiary/aromatic N) is 2. The zero-order valence-electron chi connectivity index (χ0n) is 23.5. The Morgan fingerprint density at radius 2 is 1.04 bits per heavy atom. The van der Waals surface area contributed by atoms with E-state index in [1.807, 2.05) is 0 Å². The molecule has 19 heteroatoms. The topological polar surface area (TPSA) is 34.5 Å². The van der Waals surface area contributed by atoms with Crippen molar-refractivity contribution in [1.29, 1.82) is 0 Å². The summed E-state index contributed by atoms with van der Waals surface area (Å²) in [6, 6.07) is -0.247. The quantitative estimate of drug-likeness (QED) is 0.249. The third-order valence-corrected chi connectivity index (χ3v) is 7.36. The highest BCUT2D eigenvalue weighted by Crippen LogP contribution is 2.43. The first-order chi connectivity index (χ1) is 21.2. The van der Waals surface area contributed by atoms with Gasteiger partial charge in [0.05, 0.1) is 46.1 Å². The number of amides is 1. The molecule has 0 aliphatic carbocycles. The summed E-state index contributed by atoms with van der Waals surface area (Å²) >= 11 is 0. The maximum absolute atomic E-state index is 14.1. The molecule has 47 heavy (non-hydrogen) atoms. The lowest BCUT2D eigenvalue weighted by Crippen LogP contribution is -2.33. The Kier molecular flexibility index (Phi) is 8.81. The van der Waals surface area contributed by atoms with Crippen LogP contribution >= 0.6 is 0 Å². The van der Waals surface area contributed by atoms with E-state index in [1.165, 1.54) is 0 Å². The van der Waals surface area contributed by atoms with E-state index in [4.69, 9.17) is 4.74 Å². The van der Waals surface area contributed by atoms with E-state index >= 15 is 0 Å². The number of carbonyl (C=O) groups is 1. The maximum Gasteiger partial charge on any atom is 0.418 e. The first kappa shape index (κ1) is 35.8. The highest BCUT2D eigenvalue weighted by Gasteiger charge is 2.45. The Morgan fingerprint density at radius 1 is 0.617 bits per heavy atom. The summed E-state index contributed by atoms with van der Waals surface area (Å²) in [6.07, 6.45) is -29.6. The fourth-order valence-electron chi connectivity index (χ4n) is 5.12. The van der Waals surface area contributed by atoms with Gasteiger partial charge in [-0.1, -0.05) is 0 Å². The summed E-state index contributed by atoms with van der Waals surface area (Å²) in [5, 5.41) is 0. The molecule has 0 N–H and O–H groups in total. The van der Waals surface area contributed by atoms with Gasteiger partial charge < -0.3 is 9.30 Å². The van der Waals surface area contributed by atoms with Crippen LogP contribution in [-0.2, 0) is 48.7 Å². The summed E-state index contributed by atoms with van der Waals surface area (Å²) in [4.78, 5) is 13.3. The largest absolute Gasteiger partial charge is 0.439 e. The van der Waals surface area contributed by atoms with Gasteiger partial charge in [-0.05, 0) is 67.4 Å². The number of aromatic nitrogens is 1. The molecule has 4 rings (SSSR count). The van der Waals surface area contributed by atoms with Crippen LogP contribution in [0.15, 0.2) is 42.5 Å². The maximum atomic E-state index is 14.1. The molecule has 2 unspecified atom stereocenters. The Labute approximate surface area is 254 Å². The lowest BCUT2D eigenvalue weighted by atomic mass is 9.97. The van der Waals surface area contributed by atoms with Crippen LogP contribution in [-0.4, -0.2) is 21.6 Å². The number of hydrogen-bond donors (Lipinski definition) is 0. The first-order valence-corrected chi connectivity index (χ1v) is 13.0. The summed E-state index contributed by atoms with van der Waals surface area (Å²) in [6.45, 7) is 0.00857. The van der Waals surface area contributed by atoms with Crippen LogP contribution in [0, 0.1) is 6.92 Å². The Morgan fingerprint density at radius 3 is 1.45 bits per heavy atom. The smallest absolute Gasteiger partial charge is 0.418 e. The van der Waals surface area contributed by atoms with Crippen LogP contribution in [0.25, 0.3) is 0 Å². The molecule has 1 aromatic heterocycles. The highest BCUT2D eigenvalue weighted by atomic mass is 19.4. The monoisotopic (exact) mass is 700 g/mol. The number of cyclic esters (lactones) is 1. The summed E-state index contributed by atoms with van der Waals surface area (Å²) in [5.74, 6) is 0. The van der Waals surface area contributed by atoms with Crippen molar-refractivity contribution in [2.24, 2.45) is 0 Å². The number of hydrogen-bond acceptors (Lipinski definition) is 2. The van der Waals surface area contributed by atoms with Gasteiger partial charge in [-0.25, -0.2) is 4.79 Å². The predicted octanol–water partition coefficient (Wildman–Crippen LogP) is 10.0. The molecule has 1 amide bonds. The molecular weight excluding hydrogens is 681 g/mol. The minimum atomic E-state index is -5.28. The second kappa shape index (κ2) is 11.6. The summed E-state index contributed by atoms with van der Waals surface area (Å²) in [7, 11) is 0. The molecule has 258 valence electrons. The molecule has 1 aliphatic heterocycles. The number of alkyl halides is 15. The number of ether oxygens (including phenoxy) is 1. The minimum absolute atomic E-state index is 0.186. The summed E-state index contributed by atoms with van der Waals surface area (Å²) < 4.78 is 209. The molecule has 4 nitrogen and oxygen atoms in total. The van der Waals surface area contributed by atoms with Gasteiger partial charge in [-0.2, -0.15) is 65.9 Å². The molecule has 0 saturated carbocycles. The first-order valence-electron chi connectivity index (χ1n) is 13.0. The van der Waals surface area contributed by atoms with Crippen molar-refractivity contribution >= 4 is 6.09 Å². The molecular formula is C28H19F15N2O2. The van der Waals surface area contributed by atoms with E-state index < -0.39 is 107 Å². The molecule has 2 aromatic carbocycles. The van der Waals surface area contributed by atoms with Crippen LogP contribution < -0.4 is 0 Å².